The molecule has 0 saturated carbocycles. The number of nitrogen functional groups attached to an aromatic ring is 1. The largest absolute Gasteiger partial charge is 0.462 e. The minimum Gasteiger partial charge on any atom is -0.462 e. The van der Waals surface area contributed by atoms with Crippen LogP contribution >= 0.6 is 0 Å². The van der Waals surface area contributed by atoms with Crippen LogP contribution in [0.15, 0.2) is 98.7 Å². The molecule has 716 valence electrons. The third-order valence-electron chi connectivity index (χ3n) is 20.8. The van der Waals surface area contributed by atoms with E-state index in [1.807, 2.05) is 27.7 Å². The summed E-state index contributed by atoms with van der Waals surface area (Å²) in [5, 5.41) is 58.5. The van der Waals surface area contributed by atoms with Gasteiger partial charge in [-0.05, 0) is 119 Å². The Labute approximate surface area is 747 Å². The Kier molecular flexibility index (Phi) is 38.4. The molecule has 4 fully saturated rings. The van der Waals surface area contributed by atoms with Crippen LogP contribution in [0.2, 0.25) is 0 Å². The molecule has 130 heavy (non-hydrogen) atoms. The number of carbonyl (C=O) groups excluding carboxylic acids is 6. The zero-order valence-electron chi connectivity index (χ0n) is 77.4. The molecule has 0 bridgehead atoms. The fraction of sp³-hybridized carbons (Fsp3) is 0.696. The maximum Gasteiger partial charge on any atom is 0.408 e. The number of alkyl carbamates (subject to hydrolysis) is 2. The minimum absolute atomic E-state index is 0.00318. The average molecular weight is 1830 g/mol. The highest BCUT2D eigenvalue weighted by Crippen LogP contribution is 2.48. The van der Waals surface area contributed by atoms with E-state index in [4.69, 9.17) is 64.2 Å². The predicted octanol–water partition coefficient (Wildman–Crippen LogP) is 7.29. The third kappa shape index (κ3) is 27.8. The van der Waals surface area contributed by atoms with Crippen molar-refractivity contribution in [3.05, 3.63) is 138 Å². The van der Waals surface area contributed by atoms with Crippen LogP contribution in [0.4, 0.5) is 27.0 Å². The van der Waals surface area contributed by atoms with E-state index in [2.05, 4.69) is 80.7 Å². The van der Waals surface area contributed by atoms with Crippen molar-refractivity contribution in [2.24, 2.45) is 89.6 Å². The Bertz CT molecular complexity index is 5120. The average Bonchev–Trinajstić information content (AvgIpc) is 1.62. The second-order valence-electron chi connectivity index (χ2n) is 35.2. The van der Waals surface area contributed by atoms with Crippen LogP contribution in [-0.4, -0.2) is 242 Å². The number of hydrogen-bond acceptors (Lipinski definition) is 35. The van der Waals surface area contributed by atoms with Crippen LogP contribution in [0.25, 0.3) is 41.8 Å². The van der Waals surface area contributed by atoms with Gasteiger partial charge in [-0.1, -0.05) is 117 Å². The van der Waals surface area contributed by atoms with Gasteiger partial charge in [0, 0.05) is 102 Å². The van der Waals surface area contributed by atoms with Crippen LogP contribution < -0.4 is 39.1 Å². The number of aryl methyl sites for hydroxylation is 1. The number of aliphatic imine (C=N–C) groups is 2. The summed E-state index contributed by atoms with van der Waals surface area (Å²) in [7, 11) is 7.05. The maximum atomic E-state index is 13.8. The summed E-state index contributed by atoms with van der Waals surface area (Å²) < 4.78 is 61.4. The monoisotopic (exact) mass is 1830 g/mol. The Hall–Kier alpha value is -12.4. The molecule has 4 aromatic heterocycles. The third-order valence-corrected chi connectivity index (χ3v) is 20.8. The summed E-state index contributed by atoms with van der Waals surface area (Å²) in [5.74, 6) is -7.12. The van der Waals surface area contributed by atoms with E-state index in [-0.39, 0.29) is 29.3 Å². The van der Waals surface area contributed by atoms with Gasteiger partial charge in [0.15, 0.2) is 23.1 Å². The Balaban J connectivity index is 0.000000328. The number of hydrogen-bond donors (Lipinski definition) is 7. The first-order chi connectivity index (χ1) is 60.5. The molecule has 0 spiro atoms. The SMILES string of the molecule is CC(C)[C@H](NC(=O)OC(C)(C)C)C(=O)O[C@H]1[C@H](C)[C@H](n2ccc(N=CN(C)C)nc2=O)O[C@@]1(COC(=O)[C@H](NC(=O)OC(C)(C)C)C(C)C)N=[N+]=[N-].C[C@@H]1[C@H](n2ccc(N)nc2=O)O[C@@](CO)(N=[N+]=[N-])[C@H]1O.C[C@@H]1[C@H](n2ccc(N=CN(C)C)nc2=O)O[C@@](CO)(N=[N+]=[N-])[C@H]1O.Cc1ccn([C@@H]2O[C@@](COC(=O)[C@H](C)C(C)C)(N=[N+]=[N-])[C@@H](OC(=O)[C@@H](C)C(C)C)[C@@H]2C)c(=O)n1. The van der Waals surface area contributed by atoms with Crippen molar-refractivity contribution in [1.29, 1.82) is 0 Å². The number of esters is 4. The Morgan fingerprint density at radius 1 is 0.492 bits per heavy atom. The van der Waals surface area contributed by atoms with Crippen LogP contribution in [0.5, 0.6) is 0 Å². The molecule has 8 N–H and O–H groups in total. The van der Waals surface area contributed by atoms with Crippen molar-refractivity contribution in [2.75, 3.05) is 60.4 Å². The fourth-order valence-corrected chi connectivity index (χ4v) is 13.1. The minimum atomic E-state index is -2.24. The van der Waals surface area contributed by atoms with E-state index in [1.165, 1.54) is 60.2 Å². The van der Waals surface area contributed by atoms with Crippen LogP contribution in [0.3, 0.4) is 0 Å². The summed E-state index contributed by atoms with van der Waals surface area (Å²) in [4.78, 5) is 165. The molecule has 0 radical (unpaired) electrons. The van der Waals surface area contributed by atoms with Gasteiger partial charge in [0.2, 0.25) is 11.4 Å². The normalized spacial score (nSPS) is 26.0. The van der Waals surface area contributed by atoms with Gasteiger partial charge in [0.25, 0.3) is 0 Å². The molecular formula is C79H121N27O24. The van der Waals surface area contributed by atoms with Gasteiger partial charge >= 0.3 is 58.8 Å². The molecule has 0 aliphatic carbocycles. The lowest BCUT2D eigenvalue weighted by Gasteiger charge is -2.32. The number of aliphatic hydroxyl groups is 4. The van der Waals surface area contributed by atoms with Crippen LogP contribution in [0, 0.1) is 66.1 Å². The van der Waals surface area contributed by atoms with E-state index in [1.54, 1.807) is 162 Å². The van der Waals surface area contributed by atoms with Crippen LogP contribution in [0.1, 0.15) is 169 Å². The molecule has 4 aromatic rings. The zero-order chi connectivity index (χ0) is 98.4. The van der Waals surface area contributed by atoms with Crippen LogP contribution in [-0.2, 0) is 66.5 Å². The topological polar surface area (TPSA) is 692 Å². The first-order valence-corrected chi connectivity index (χ1v) is 41.3. The summed E-state index contributed by atoms with van der Waals surface area (Å²) in [6.07, 6.45) is -2.39. The second-order valence-corrected chi connectivity index (χ2v) is 35.2. The highest BCUT2D eigenvalue weighted by molar-refractivity contribution is 5.83. The second kappa shape index (κ2) is 46.2. The summed E-state index contributed by atoms with van der Waals surface area (Å²) in [6, 6.07) is 3.54. The number of nitrogens with one attached hydrogen (secondary N) is 2. The number of nitrogens with two attached hydrogens (primary N) is 1. The highest BCUT2D eigenvalue weighted by Gasteiger charge is 2.61. The lowest BCUT2D eigenvalue weighted by Crippen LogP contribution is -2.53. The van der Waals surface area contributed by atoms with E-state index in [0.29, 0.717) is 5.69 Å². The number of ether oxygens (including phenoxy) is 10. The predicted molar refractivity (Wildman–Crippen MR) is 463 cm³/mol. The van der Waals surface area contributed by atoms with Gasteiger partial charge < -0.3 is 94.0 Å². The smallest absolute Gasteiger partial charge is 0.408 e. The van der Waals surface area contributed by atoms with Crippen molar-refractivity contribution >= 4 is 66.2 Å². The number of rotatable bonds is 30. The summed E-state index contributed by atoms with van der Waals surface area (Å²) in [5.41, 5.74) is 30.1. The molecule has 8 heterocycles. The lowest BCUT2D eigenvalue weighted by atomic mass is 9.95. The first-order valence-electron chi connectivity index (χ1n) is 41.3. The molecule has 8 rings (SSSR count). The Morgan fingerprint density at radius 2 is 0.808 bits per heavy atom. The number of nitrogens with zero attached hydrogens (tertiary/aromatic N) is 24. The molecule has 4 aliphatic heterocycles. The molecule has 2 amide bonds. The van der Waals surface area contributed by atoms with Gasteiger partial charge in [-0.25, -0.2) is 48.3 Å². The van der Waals surface area contributed by atoms with Crippen molar-refractivity contribution in [2.45, 2.75) is 241 Å². The first kappa shape index (κ1) is 108. The molecule has 4 aliphatic rings. The van der Waals surface area contributed by atoms with Gasteiger partial charge in [-0.15, -0.1) is 0 Å². The van der Waals surface area contributed by atoms with Gasteiger partial charge in [-0.3, -0.25) is 27.9 Å². The molecular weight excluding hydrogens is 1710 g/mol. The quantitative estimate of drug-likeness (QED) is 0.00512. The zero-order valence-corrected chi connectivity index (χ0v) is 77.4. The maximum absolute atomic E-state index is 13.8. The number of amides is 2. The van der Waals surface area contributed by atoms with Crippen molar-refractivity contribution in [3.63, 3.8) is 0 Å². The van der Waals surface area contributed by atoms with E-state index in [9.17, 15) is 79.4 Å². The molecule has 20 atom stereocenters. The Morgan fingerprint density at radius 3 is 1.14 bits per heavy atom. The standard InChI is InChI=1S/C33H53N9O10.C23H35N5O6.C13H19N7O4.C10H14N6O4/c1-18(2)22(37-29(46)51-31(6,7)8)26(43)48-16-33(39-40-34)24(49-27(44)23(19(3)4)38-30(47)52-32(9,10)11)20(5)25(50-33)42-15-14-21(36-28(42)45)35-17-41(12)13;1-12(2)15(6)20(29)32-11-23(26-27-24)18(33-21(30)16(7)13(3)4)17(8)19(34-23)28-10-9-14(5)25-22(28)31;1-8-10(22)13(6-21,17-18-14)24-11(8)20-5-4-9(16-12(20)23)15-7-19(2)3;1-5-7(18)10(4-17,14-15-12)20-8(5)16-3-2-6(11)13-9(16)19/h14-15,17-20,22-25H,16H2,1-13H3,(H,37,46)(H,38,47);9-10,12-13,15-19H,11H2,1-8H3;4-5,7-8,10-11,21-22H,6H2,1-3H3;2-3,5,7-8,17-18H,4H2,1H3,(H2,11,13,19)/t20-,22+,23-,24-,25+,33+;15-,16+,17+,18+,19-,23-;8-,10-,11+,13+;5-,7-,8+,10+/m0100/s1. The molecule has 51 nitrogen and oxygen atoms in total. The molecule has 51 heteroatoms. The number of carbonyl (C=O) groups is 6. The number of aliphatic hydroxyl groups excluding tert-OH is 4. The number of aromatic nitrogens is 8. The fourth-order valence-electron chi connectivity index (χ4n) is 13.1. The van der Waals surface area contributed by atoms with Crippen molar-refractivity contribution < 1.29 is 96.6 Å². The van der Waals surface area contributed by atoms with E-state index >= 15 is 0 Å². The molecule has 0 unspecified atom stereocenters. The number of anilines is 1. The summed E-state index contributed by atoms with van der Waals surface area (Å²) >= 11 is 0. The lowest BCUT2D eigenvalue weighted by molar-refractivity contribution is -0.182. The summed E-state index contributed by atoms with van der Waals surface area (Å²) in [6.45, 7) is 33.1. The van der Waals surface area contributed by atoms with Gasteiger partial charge in [-0.2, -0.15) is 19.9 Å². The molecule has 0 aromatic carbocycles. The number of azide groups is 4. The highest BCUT2D eigenvalue weighted by atomic mass is 16.7. The van der Waals surface area contributed by atoms with E-state index in [0.717, 1.165) is 13.7 Å². The van der Waals surface area contributed by atoms with Crippen molar-refractivity contribution in [3.8, 4) is 0 Å². The van der Waals surface area contributed by atoms with Gasteiger partial charge in [0.1, 0.15) is 79.4 Å². The molecule has 4 saturated heterocycles. The van der Waals surface area contributed by atoms with E-state index < -0.39 is 228 Å². The van der Waals surface area contributed by atoms with Crippen molar-refractivity contribution in [1.82, 2.24) is 58.6 Å². The van der Waals surface area contributed by atoms with Gasteiger partial charge in [0.05, 0.1) is 49.9 Å².